The second-order valence-corrected chi connectivity index (χ2v) is 4.04. The van der Waals surface area contributed by atoms with Gasteiger partial charge in [-0.25, -0.2) is 0 Å². The van der Waals surface area contributed by atoms with Crippen LogP contribution < -0.4 is 0 Å². The van der Waals surface area contributed by atoms with E-state index >= 15 is 0 Å². The number of carbonyl (C=O) groups excluding carboxylic acids is 1. The van der Waals surface area contributed by atoms with Gasteiger partial charge in [-0.2, -0.15) is 0 Å². The van der Waals surface area contributed by atoms with E-state index in [-0.39, 0.29) is 11.2 Å². The van der Waals surface area contributed by atoms with E-state index in [1.807, 2.05) is 0 Å². The van der Waals surface area contributed by atoms with Crippen molar-refractivity contribution in [2.75, 3.05) is 0 Å². The molecule has 0 heterocycles. The zero-order valence-corrected chi connectivity index (χ0v) is 8.23. The number of hydrogen-bond donors (Lipinski definition) is 0. The molecule has 0 aromatic carbocycles. The lowest BCUT2D eigenvalue weighted by Crippen LogP contribution is -2.08. The van der Waals surface area contributed by atoms with Gasteiger partial charge < -0.3 is 0 Å². The molecule has 0 amide bonds. The van der Waals surface area contributed by atoms with E-state index in [0.717, 1.165) is 12.8 Å². The fraction of sp³-hybridized carbons (Fsp3) is 0.700. The Kier molecular flexibility index (Phi) is 3.80. The molecule has 1 nitrogen and oxygen atoms in total. The van der Waals surface area contributed by atoms with E-state index in [4.69, 9.17) is 11.6 Å². The highest BCUT2D eigenvalue weighted by Gasteiger charge is 2.10. The van der Waals surface area contributed by atoms with Crippen LogP contribution in [0.1, 0.15) is 39.0 Å². The van der Waals surface area contributed by atoms with E-state index in [9.17, 15) is 4.79 Å². The molecular weight excluding hydrogens is 172 g/mol. The van der Waals surface area contributed by atoms with Crippen molar-refractivity contribution in [1.29, 1.82) is 0 Å². The average molecular weight is 187 g/mol. The van der Waals surface area contributed by atoms with Crippen LogP contribution in [-0.2, 0) is 4.79 Å². The summed E-state index contributed by atoms with van der Waals surface area (Å²) in [5.74, 6) is 0.0635. The maximum atomic E-state index is 11.2. The summed E-state index contributed by atoms with van der Waals surface area (Å²) in [6.07, 6.45) is 7.70. The van der Waals surface area contributed by atoms with Gasteiger partial charge in [0, 0.05) is 0 Å². The van der Waals surface area contributed by atoms with Crippen LogP contribution in [0.5, 0.6) is 0 Å². The van der Waals surface area contributed by atoms with Crippen LogP contribution in [-0.4, -0.2) is 11.2 Å². The third-order valence-electron chi connectivity index (χ3n) is 2.23. The molecule has 0 saturated heterocycles. The highest BCUT2D eigenvalue weighted by molar-refractivity contribution is 6.32. The topological polar surface area (TPSA) is 17.1 Å². The van der Waals surface area contributed by atoms with Crippen LogP contribution in [0.25, 0.3) is 0 Å². The summed E-state index contributed by atoms with van der Waals surface area (Å²) in [7, 11) is 0. The molecule has 1 rings (SSSR count). The summed E-state index contributed by atoms with van der Waals surface area (Å²) in [5, 5.41) is -0.362. The van der Waals surface area contributed by atoms with E-state index in [2.05, 4.69) is 0 Å². The number of allylic oxidation sites excluding steroid dienone is 2. The molecule has 1 aliphatic carbocycles. The second kappa shape index (κ2) is 4.66. The zero-order chi connectivity index (χ0) is 8.97. The highest BCUT2D eigenvalue weighted by Crippen LogP contribution is 2.22. The van der Waals surface area contributed by atoms with Gasteiger partial charge in [0.15, 0.2) is 5.78 Å². The summed E-state index contributed by atoms with van der Waals surface area (Å²) in [4.78, 5) is 11.2. The Morgan fingerprint density at radius 3 is 2.50 bits per heavy atom. The molecule has 0 bridgehead atoms. The smallest absolute Gasteiger partial charge is 0.173 e. The lowest BCUT2D eigenvalue weighted by molar-refractivity contribution is -0.114. The summed E-state index contributed by atoms with van der Waals surface area (Å²) >= 11 is 5.65. The molecule has 12 heavy (non-hydrogen) atoms. The van der Waals surface area contributed by atoms with Gasteiger partial charge in [0.1, 0.15) is 0 Å². The Morgan fingerprint density at radius 1 is 1.42 bits per heavy atom. The molecular formula is C10H15ClO. The fourth-order valence-electron chi connectivity index (χ4n) is 1.47. The zero-order valence-electron chi connectivity index (χ0n) is 7.48. The Bertz CT molecular complexity index is 186. The van der Waals surface area contributed by atoms with Gasteiger partial charge in [-0.1, -0.05) is 12.0 Å². The van der Waals surface area contributed by atoms with Crippen LogP contribution >= 0.6 is 11.6 Å². The Balaban J connectivity index is 2.48. The van der Waals surface area contributed by atoms with Gasteiger partial charge >= 0.3 is 0 Å². The predicted molar refractivity (Wildman–Crippen MR) is 51.5 cm³/mol. The number of halogens is 1. The lowest BCUT2D eigenvalue weighted by atomic mass is 9.94. The Morgan fingerprint density at radius 2 is 2.00 bits per heavy atom. The minimum atomic E-state index is -0.362. The fourth-order valence-corrected chi connectivity index (χ4v) is 1.53. The maximum Gasteiger partial charge on any atom is 0.173 e. The van der Waals surface area contributed by atoms with Crippen molar-refractivity contribution in [3.63, 3.8) is 0 Å². The molecule has 1 fully saturated rings. The first-order valence-corrected chi connectivity index (χ1v) is 5.01. The molecule has 1 saturated carbocycles. The molecule has 2 heteroatoms. The third kappa shape index (κ3) is 2.98. The quantitative estimate of drug-likeness (QED) is 0.479. The molecule has 68 valence electrons. The van der Waals surface area contributed by atoms with E-state index in [0.29, 0.717) is 0 Å². The first kappa shape index (κ1) is 9.79. The maximum absolute atomic E-state index is 11.2. The van der Waals surface area contributed by atoms with Crippen molar-refractivity contribution in [3.8, 4) is 0 Å². The summed E-state index contributed by atoms with van der Waals surface area (Å²) in [6, 6.07) is 0. The third-order valence-corrected chi connectivity index (χ3v) is 2.45. The van der Waals surface area contributed by atoms with E-state index in [1.54, 1.807) is 13.0 Å². The largest absolute Gasteiger partial charge is 0.293 e. The van der Waals surface area contributed by atoms with Crippen molar-refractivity contribution in [2.45, 2.75) is 44.4 Å². The van der Waals surface area contributed by atoms with Crippen LogP contribution in [0.15, 0.2) is 11.6 Å². The van der Waals surface area contributed by atoms with E-state index < -0.39 is 0 Å². The van der Waals surface area contributed by atoms with Gasteiger partial charge in [0.05, 0.1) is 5.38 Å². The minimum absolute atomic E-state index is 0.0635. The molecule has 1 atom stereocenters. The second-order valence-electron chi connectivity index (χ2n) is 3.38. The first-order chi connectivity index (χ1) is 5.70. The van der Waals surface area contributed by atoms with Crippen molar-refractivity contribution < 1.29 is 4.79 Å². The number of ketones is 1. The number of alkyl halides is 1. The highest BCUT2D eigenvalue weighted by atomic mass is 35.5. The molecule has 0 aliphatic heterocycles. The molecule has 0 aromatic heterocycles. The van der Waals surface area contributed by atoms with Crippen molar-refractivity contribution in [1.82, 2.24) is 0 Å². The monoisotopic (exact) mass is 186 g/mol. The van der Waals surface area contributed by atoms with Crippen LogP contribution in [0.2, 0.25) is 0 Å². The molecule has 0 radical (unpaired) electrons. The van der Waals surface area contributed by atoms with Gasteiger partial charge in [-0.15, -0.1) is 11.6 Å². The Hall–Kier alpha value is -0.300. The number of carbonyl (C=O) groups is 1. The molecule has 0 spiro atoms. The molecule has 1 aliphatic rings. The summed E-state index contributed by atoms with van der Waals surface area (Å²) in [6.45, 7) is 1.73. The molecule has 0 aromatic rings. The van der Waals surface area contributed by atoms with E-state index in [1.165, 1.54) is 24.8 Å². The molecule has 0 N–H and O–H groups in total. The lowest BCUT2D eigenvalue weighted by Gasteiger charge is -2.13. The normalized spacial score (nSPS) is 20.3. The van der Waals surface area contributed by atoms with Gasteiger partial charge in [-0.3, -0.25) is 4.79 Å². The van der Waals surface area contributed by atoms with Crippen LogP contribution in [0.4, 0.5) is 0 Å². The van der Waals surface area contributed by atoms with Gasteiger partial charge in [0.25, 0.3) is 0 Å². The number of hydrogen-bond acceptors (Lipinski definition) is 1. The first-order valence-electron chi connectivity index (χ1n) is 4.57. The van der Waals surface area contributed by atoms with Gasteiger partial charge in [0.2, 0.25) is 0 Å². The van der Waals surface area contributed by atoms with Crippen molar-refractivity contribution >= 4 is 17.4 Å². The SMILES string of the molecule is CC(Cl)C(=O)C=C1CCCCC1. The molecule has 1 unspecified atom stereocenters. The van der Waals surface area contributed by atoms with Crippen molar-refractivity contribution in [2.24, 2.45) is 0 Å². The van der Waals surface area contributed by atoms with Gasteiger partial charge in [-0.05, 0) is 38.7 Å². The Labute approximate surface area is 78.8 Å². The van der Waals surface area contributed by atoms with Crippen LogP contribution in [0, 0.1) is 0 Å². The summed E-state index contributed by atoms with van der Waals surface area (Å²) in [5.41, 5.74) is 1.29. The van der Waals surface area contributed by atoms with Crippen LogP contribution in [0.3, 0.4) is 0 Å². The standard InChI is InChI=1S/C10H15ClO/c1-8(11)10(12)7-9-5-3-2-4-6-9/h7-8H,2-6H2,1H3. The number of rotatable bonds is 2. The predicted octanol–water partition coefficient (Wildman–Crippen LogP) is 3.07. The average Bonchev–Trinajstić information content (AvgIpc) is 2.06. The van der Waals surface area contributed by atoms with Crippen molar-refractivity contribution in [3.05, 3.63) is 11.6 Å². The summed E-state index contributed by atoms with van der Waals surface area (Å²) < 4.78 is 0. The minimum Gasteiger partial charge on any atom is -0.293 e.